The minimum atomic E-state index is -0.0822. The highest BCUT2D eigenvalue weighted by molar-refractivity contribution is 5.61. The predicted octanol–water partition coefficient (Wildman–Crippen LogP) is 2.76. The smallest absolute Gasteiger partial charge is 0.223 e. The highest BCUT2D eigenvalue weighted by atomic mass is 16.6. The van der Waals surface area contributed by atoms with E-state index >= 15 is 0 Å². The maximum Gasteiger partial charge on any atom is 0.223 e. The molecule has 2 aromatic carbocycles. The molecular weight excluding hydrogens is 418 g/mol. The largest absolute Gasteiger partial charge is 0.497 e. The average molecular weight is 444 g/mol. The zero-order valence-corrected chi connectivity index (χ0v) is 18.3. The van der Waals surface area contributed by atoms with Gasteiger partial charge in [0, 0.05) is 18.3 Å². The van der Waals surface area contributed by atoms with Crippen molar-refractivity contribution in [3.8, 4) is 23.1 Å². The van der Waals surface area contributed by atoms with Gasteiger partial charge in [-0.3, -0.25) is 0 Å². The maximum absolute atomic E-state index is 9.09. The zero-order chi connectivity index (χ0) is 22.6. The van der Waals surface area contributed by atoms with E-state index in [4.69, 9.17) is 19.5 Å². The van der Waals surface area contributed by atoms with Gasteiger partial charge in [0.2, 0.25) is 5.95 Å². The summed E-state index contributed by atoms with van der Waals surface area (Å²) in [4.78, 5) is 9.06. The van der Waals surface area contributed by atoms with Crippen molar-refractivity contribution in [3.63, 3.8) is 0 Å². The van der Waals surface area contributed by atoms with Gasteiger partial charge >= 0.3 is 0 Å². The van der Waals surface area contributed by atoms with Crippen molar-refractivity contribution in [1.29, 1.82) is 5.26 Å². The fourth-order valence-electron chi connectivity index (χ4n) is 4.31. The molecule has 5 rings (SSSR count). The van der Waals surface area contributed by atoms with Crippen LogP contribution in [0.1, 0.15) is 11.1 Å². The number of anilines is 1. The van der Waals surface area contributed by atoms with Gasteiger partial charge in [0.25, 0.3) is 0 Å². The molecule has 2 aliphatic heterocycles. The molecular formula is C25H25N5O3. The summed E-state index contributed by atoms with van der Waals surface area (Å²) >= 11 is 0. The van der Waals surface area contributed by atoms with Crippen LogP contribution in [0.3, 0.4) is 0 Å². The summed E-state index contributed by atoms with van der Waals surface area (Å²) in [5.41, 5.74) is 3.54. The molecule has 8 heteroatoms. The molecule has 1 aromatic heterocycles. The molecule has 0 amide bonds. The van der Waals surface area contributed by atoms with Crippen LogP contribution in [0.15, 0.2) is 60.8 Å². The lowest BCUT2D eigenvalue weighted by Crippen LogP contribution is -2.41. The van der Waals surface area contributed by atoms with E-state index in [0.29, 0.717) is 31.3 Å². The van der Waals surface area contributed by atoms with Crippen LogP contribution in [-0.4, -0.2) is 54.6 Å². The third-order valence-electron chi connectivity index (χ3n) is 6.03. The average Bonchev–Trinajstić information content (AvgIpc) is 3.46. The number of nitriles is 1. The van der Waals surface area contributed by atoms with Crippen molar-refractivity contribution >= 4 is 5.95 Å². The molecule has 2 saturated heterocycles. The van der Waals surface area contributed by atoms with Crippen LogP contribution in [0.5, 0.6) is 5.75 Å². The van der Waals surface area contributed by atoms with Gasteiger partial charge in [0.1, 0.15) is 18.0 Å². The molecule has 3 aromatic rings. The zero-order valence-electron chi connectivity index (χ0n) is 18.3. The normalized spacial score (nSPS) is 23.6. The Morgan fingerprint density at radius 3 is 2.64 bits per heavy atom. The number of fused-ring (bicyclic) bond motifs is 1. The van der Waals surface area contributed by atoms with E-state index in [1.807, 2.05) is 48.5 Å². The van der Waals surface area contributed by atoms with Crippen LogP contribution >= 0.6 is 0 Å². The standard InChI is InChI=1S/C25H25N5O3/c1-31-19-7-5-18(6-8-19)20-9-10-27-25(29-20)30-22-15-33-23-21(14-32-24(22)23)28-13-17-4-2-3-16(11-17)12-26/h2-11,21-24,28H,13-15H2,1H3,(H,27,29,30). The molecule has 33 heavy (non-hydrogen) atoms. The monoisotopic (exact) mass is 443 g/mol. The van der Waals surface area contributed by atoms with Crippen LogP contribution in [-0.2, 0) is 16.0 Å². The third kappa shape index (κ3) is 4.66. The predicted molar refractivity (Wildman–Crippen MR) is 123 cm³/mol. The molecule has 0 saturated carbocycles. The number of nitrogens with one attached hydrogen (secondary N) is 2. The van der Waals surface area contributed by atoms with E-state index in [2.05, 4.69) is 26.7 Å². The van der Waals surface area contributed by atoms with Crippen LogP contribution < -0.4 is 15.4 Å². The van der Waals surface area contributed by atoms with Crippen LogP contribution in [0, 0.1) is 11.3 Å². The van der Waals surface area contributed by atoms with E-state index in [9.17, 15) is 0 Å². The van der Waals surface area contributed by atoms with Crippen LogP contribution in [0.25, 0.3) is 11.3 Å². The summed E-state index contributed by atoms with van der Waals surface area (Å²) in [6.45, 7) is 1.74. The van der Waals surface area contributed by atoms with E-state index in [-0.39, 0.29) is 24.3 Å². The van der Waals surface area contributed by atoms with Crippen molar-refractivity contribution in [2.24, 2.45) is 0 Å². The molecule has 4 atom stereocenters. The van der Waals surface area contributed by atoms with Gasteiger partial charge in [-0.05, 0) is 48.0 Å². The second kappa shape index (κ2) is 9.55. The van der Waals surface area contributed by atoms with E-state index in [1.165, 1.54) is 0 Å². The fraction of sp³-hybridized carbons (Fsp3) is 0.320. The van der Waals surface area contributed by atoms with Crippen molar-refractivity contribution in [2.75, 3.05) is 25.6 Å². The molecule has 0 bridgehead atoms. The lowest BCUT2D eigenvalue weighted by molar-refractivity contribution is 0.0675. The van der Waals surface area contributed by atoms with Gasteiger partial charge < -0.3 is 24.8 Å². The van der Waals surface area contributed by atoms with E-state index in [0.717, 1.165) is 22.6 Å². The molecule has 0 radical (unpaired) electrons. The summed E-state index contributed by atoms with van der Waals surface area (Å²) in [6, 6.07) is 19.5. The van der Waals surface area contributed by atoms with Crippen LogP contribution in [0.4, 0.5) is 5.95 Å². The molecule has 2 aliphatic rings. The van der Waals surface area contributed by atoms with Crippen molar-refractivity contribution < 1.29 is 14.2 Å². The van der Waals surface area contributed by atoms with Gasteiger partial charge in [-0.15, -0.1) is 0 Å². The second-order valence-corrected chi connectivity index (χ2v) is 8.14. The van der Waals surface area contributed by atoms with Gasteiger partial charge in [-0.25, -0.2) is 9.97 Å². The first-order valence-electron chi connectivity index (χ1n) is 10.9. The Kier molecular flexibility index (Phi) is 6.17. The number of hydrogen-bond acceptors (Lipinski definition) is 8. The summed E-state index contributed by atoms with van der Waals surface area (Å²) in [5, 5.41) is 16.0. The third-order valence-corrected chi connectivity index (χ3v) is 6.03. The van der Waals surface area contributed by atoms with Gasteiger partial charge in [-0.1, -0.05) is 12.1 Å². The van der Waals surface area contributed by atoms with Crippen molar-refractivity contribution in [1.82, 2.24) is 15.3 Å². The highest BCUT2D eigenvalue weighted by Gasteiger charge is 2.47. The first-order valence-corrected chi connectivity index (χ1v) is 10.9. The van der Waals surface area contributed by atoms with E-state index in [1.54, 1.807) is 19.4 Å². The summed E-state index contributed by atoms with van der Waals surface area (Å²) < 4.78 is 17.4. The number of aromatic nitrogens is 2. The Bertz CT molecular complexity index is 1150. The number of methoxy groups -OCH3 is 1. The summed E-state index contributed by atoms with van der Waals surface area (Å²) in [7, 11) is 1.65. The quantitative estimate of drug-likeness (QED) is 0.575. The molecule has 0 aliphatic carbocycles. The molecule has 3 heterocycles. The number of ether oxygens (including phenoxy) is 3. The molecule has 4 unspecified atom stereocenters. The van der Waals surface area contributed by atoms with Crippen molar-refractivity contribution in [3.05, 3.63) is 71.9 Å². The molecule has 2 N–H and O–H groups in total. The van der Waals surface area contributed by atoms with Gasteiger partial charge in [-0.2, -0.15) is 5.26 Å². The number of benzene rings is 2. The lowest BCUT2D eigenvalue weighted by atomic mass is 10.1. The second-order valence-electron chi connectivity index (χ2n) is 8.14. The van der Waals surface area contributed by atoms with Gasteiger partial charge in [0.05, 0.1) is 49.7 Å². The first kappa shape index (κ1) is 21.3. The molecule has 0 spiro atoms. The number of nitrogens with zero attached hydrogens (tertiary/aromatic N) is 3. The molecule has 2 fully saturated rings. The van der Waals surface area contributed by atoms with E-state index < -0.39 is 0 Å². The SMILES string of the molecule is COc1ccc(-c2ccnc(NC3COC4C(NCc5cccc(C#N)c5)COC34)n2)cc1. The lowest BCUT2D eigenvalue weighted by Gasteiger charge is -2.18. The fourth-order valence-corrected chi connectivity index (χ4v) is 4.31. The topological polar surface area (TPSA) is 101 Å². The first-order chi connectivity index (χ1) is 16.2. The maximum atomic E-state index is 9.09. The molecule has 8 nitrogen and oxygen atoms in total. The Morgan fingerprint density at radius 1 is 1.06 bits per heavy atom. The summed E-state index contributed by atoms with van der Waals surface area (Å²) in [5.74, 6) is 1.35. The van der Waals surface area contributed by atoms with Crippen molar-refractivity contribution in [2.45, 2.75) is 30.8 Å². The Balaban J connectivity index is 1.20. The Morgan fingerprint density at radius 2 is 1.85 bits per heavy atom. The minimum absolute atomic E-state index is 0.0326. The Labute approximate surface area is 192 Å². The summed E-state index contributed by atoms with van der Waals surface area (Å²) in [6.07, 6.45) is 1.62. The molecule has 168 valence electrons. The highest BCUT2D eigenvalue weighted by Crippen LogP contribution is 2.29. The number of hydrogen-bond donors (Lipinski definition) is 2. The Hall–Kier alpha value is -3.51. The minimum Gasteiger partial charge on any atom is -0.497 e. The number of rotatable bonds is 7. The van der Waals surface area contributed by atoms with Gasteiger partial charge in [0.15, 0.2) is 0 Å². The van der Waals surface area contributed by atoms with Crippen LogP contribution in [0.2, 0.25) is 0 Å².